The number of aliphatic carboxylic acids is 1. The van der Waals surface area contributed by atoms with Crippen LogP contribution in [0.25, 0.3) is 0 Å². The maximum atomic E-state index is 11.1. The molecule has 0 radical (unpaired) electrons. The summed E-state index contributed by atoms with van der Waals surface area (Å²) >= 11 is 1.13. The Morgan fingerprint density at radius 1 is 1.73 bits per heavy atom. The van der Waals surface area contributed by atoms with Crippen LogP contribution in [-0.2, 0) is 14.4 Å². The number of thiazole rings is 1. The van der Waals surface area contributed by atoms with Crippen molar-refractivity contribution in [3.63, 3.8) is 0 Å². The molecule has 1 aromatic heterocycles. The van der Waals surface area contributed by atoms with Crippen molar-refractivity contribution in [3.8, 4) is 0 Å². The number of hydrogen-bond acceptors (Lipinski definition) is 6. The van der Waals surface area contributed by atoms with Gasteiger partial charge in [-0.15, -0.1) is 11.3 Å². The molecule has 82 valence electrons. The minimum Gasteiger partial charge on any atom is -0.479 e. The molecule has 0 aromatic carbocycles. The van der Waals surface area contributed by atoms with E-state index in [-0.39, 0.29) is 10.9 Å². The highest BCUT2D eigenvalue weighted by Gasteiger charge is 2.16. The van der Waals surface area contributed by atoms with Crippen LogP contribution in [0, 0.1) is 0 Å². The van der Waals surface area contributed by atoms with Gasteiger partial charge in [0.05, 0.1) is 0 Å². The minimum atomic E-state index is -1.18. The van der Waals surface area contributed by atoms with Crippen LogP contribution < -0.4 is 10.8 Å². The van der Waals surface area contributed by atoms with Crippen LogP contribution in [0.2, 0.25) is 0 Å². The van der Waals surface area contributed by atoms with E-state index in [0.717, 1.165) is 16.4 Å². The number of carbonyl (C=O) groups excluding carboxylic acids is 1. The molecular weight excluding hydrogens is 222 g/mol. The molecule has 3 N–H and O–H groups in total. The van der Waals surface area contributed by atoms with Crippen molar-refractivity contribution in [2.45, 2.75) is 6.92 Å². The van der Waals surface area contributed by atoms with Gasteiger partial charge in [0.1, 0.15) is 0 Å². The van der Waals surface area contributed by atoms with Crippen LogP contribution in [-0.4, -0.2) is 28.6 Å². The zero-order valence-electron chi connectivity index (χ0n) is 7.84. The SMILES string of the molecule is CC(=O)N(OCC(=O)O)c1csc(N)n1. The summed E-state index contributed by atoms with van der Waals surface area (Å²) in [7, 11) is 0. The Balaban J connectivity index is 2.74. The van der Waals surface area contributed by atoms with E-state index in [1.54, 1.807) is 0 Å². The van der Waals surface area contributed by atoms with Gasteiger partial charge >= 0.3 is 5.97 Å². The highest BCUT2D eigenvalue weighted by Crippen LogP contribution is 2.20. The molecular formula is C7H9N3O4S. The van der Waals surface area contributed by atoms with Crippen LogP contribution in [0.5, 0.6) is 0 Å². The van der Waals surface area contributed by atoms with Gasteiger partial charge in [-0.05, 0) is 0 Å². The first kappa shape index (κ1) is 11.4. The van der Waals surface area contributed by atoms with E-state index in [1.807, 2.05) is 0 Å². The highest BCUT2D eigenvalue weighted by molar-refractivity contribution is 7.13. The number of carbonyl (C=O) groups is 2. The molecule has 0 atom stereocenters. The lowest BCUT2D eigenvalue weighted by Crippen LogP contribution is -2.31. The van der Waals surface area contributed by atoms with Crippen LogP contribution in [0.4, 0.5) is 10.9 Å². The molecule has 0 fully saturated rings. The zero-order chi connectivity index (χ0) is 11.4. The van der Waals surface area contributed by atoms with Crippen LogP contribution in [0.1, 0.15) is 6.92 Å². The van der Waals surface area contributed by atoms with E-state index in [1.165, 1.54) is 12.3 Å². The van der Waals surface area contributed by atoms with Crippen LogP contribution in [0.3, 0.4) is 0 Å². The molecule has 1 aromatic rings. The molecule has 1 amide bonds. The second kappa shape index (κ2) is 4.71. The first-order chi connectivity index (χ1) is 7.00. The van der Waals surface area contributed by atoms with E-state index in [9.17, 15) is 9.59 Å². The predicted molar refractivity (Wildman–Crippen MR) is 53.3 cm³/mol. The number of hydroxylamine groups is 1. The van der Waals surface area contributed by atoms with Gasteiger partial charge in [-0.1, -0.05) is 0 Å². The summed E-state index contributed by atoms with van der Waals surface area (Å²) in [6.07, 6.45) is 0. The zero-order valence-corrected chi connectivity index (χ0v) is 8.65. The van der Waals surface area contributed by atoms with Crippen molar-refractivity contribution in [2.75, 3.05) is 17.4 Å². The van der Waals surface area contributed by atoms with Gasteiger partial charge < -0.3 is 10.8 Å². The van der Waals surface area contributed by atoms with Crippen LogP contribution >= 0.6 is 11.3 Å². The van der Waals surface area contributed by atoms with Crippen molar-refractivity contribution in [1.29, 1.82) is 0 Å². The van der Waals surface area contributed by atoms with E-state index in [4.69, 9.17) is 15.7 Å². The summed E-state index contributed by atoms with van der Waals surface area (Å²) < 4.78 is 0. The number of nitrogen functional groups attached to an aromatic ring is 1. The number of nitrogens with two attached hydrogens (primary N) is 1. The van der Waals surface area contributed by atoms with Gasteiger partial charge in [0.15, 0.2) is 17.6 Å². The van der Waals surface area contributed by atoms with Gasteiger partial charge in [-0.3, -0.25) is 9.63 Å². The number of hydrogen-bond donors (Lipinski definition) is 2. The maximum Gasteiger partial charge on any atom is 0.332 e. The van der Waals surface area contributed by atoms with Crippen molar-refractivity contribution in [2.24, 2.45) is 0 Å². The number of rotatable bonds is 4. The molecule has 8 heteroatoms. The number of amides is 1. The van der Waals surface area contributed by atoms with E-state index in [0.29, 0.717) is 0 Å². The molecule has 0 unspecified atom stereocenters. The maximum absolute atomic E-state index is 11.1. The minimum absolute atomic E-state index is 0.186. The standard InChI is InChI=1S/C7H9N3O4S/c1-4(11)10(14-2-6(12)13)5-3-15-7(8)9-5/h3H,2H2,1H3,(H2,8,9)(H,12,13). The van der Waals surface area contributed by atoms with Gasteiger partial charge in [0, 0.05) is 12.3 Å². The second-order valence-electron chi connectivity index (χ2n) is 2.52. The number of aromatic nitrogens is 1. The van der Waals surface area contributed by atoms with Crippen LogP contribution in [0.15, 0.2) is 5.38 Å². The first-order valence-corrected chi connectivity index (χ1v) is 4.75. The average Bonchev–Trinajstić information content (AvgIpc) is 2.51. The Morgan fingerprint density at radius 3 is 2.80 bits per heavy atom. The summed E-state index contributed by atoms with van der Waals surface area (Å²) in [6.45, 7) is 0.619. The molecule has 0 aliphatic carbocycles. The van der Waals surface area contributed by atoms with Crippen molar-refractivity contribution >= 4 is 34.2 Å². The molecule has 1 heterocycles. The van der Waals surface area contributed by atoms with E-state index >= 15 is 0 Å². The third kappa shape index (κ3) is 3.18. The van der Waals surface area contributed by atoms with Gasteiger partial charge in [-0.25, -0.2) is 9.78 Å². The molecule has 0 bridgehead atoms. The molecule has 0 spiro atoms. The second-order valence-corrected chi connectivity index (χ2v) is 3.41. The Morgan fingerprint density at radius 2 is 2.40 bits per heavy atom. The fourth-order valence-corrected chi connectivity index (χ4v) is 1.33. The first-order valence-electron chi connectivity index (χ1n) is 3.87. The summed E-state index contributed by atoms with van der Waals surface area (Å²) in [5.41, 5.74) is 5.37. The summed E-state index contributed by atoms with van der Waals surface area (Å²) in [4.78, 5) is 29.9. The molecule has 7 nitrogen and oxygen atoms in total. The van der Waals surface area contributed by atoms with Gasteiger partial charge in [-0.2, -0.15) is 5.06 Å². The molecule has 0 saturated carbocycles. The van der Waals surface area contributed by atoms with E-state index in [2.05, 4.69) is 4.98 Å². The third-order valence-electron chi connectivity index (χ3n) is 1.32. The lowest BCUT2D eigenvalue weighted by molar-refractivity contribution is -0.144. The number of anilines is 2. The Kier molecular flexibility index (Phi) is 3.58. The topological polar surface area (TPSA) is 106 Å². The van der Waals surface area contributed by atoms with Crippen molar-refractivity contribution in [1.82, 2.24) is 4.98 Å². The quantitative estimate of drug-likeness (QED) is 0.711. The Labute approximate surface area is 89.0 Å². The van der Waals surface area contributed by atoms with Gasteiger partial charge in [0.2, 0.25) is 5.91 Å². The monoisotopic (exact) mass is 231 g/mol. The molecule has 0 aliphatic heterocycles. The normalized spacial score (nSPS) is 9.93. The number of carboxylic acid groups (broad SMARTS) is 1. The third-order valence-corrected chi connectivity index (χ3v) is 1.98. The highest BCUT2D eigenvalue weighted by atomic mass is 32.1. The fraction of sp³-hybridized carbons (Fsp3) is 0.286. The molecule has 1 rings (SSSR count). The fourth-order valence-electron chi connectivity index (χ4n) is 0.810. The summed E-state index contributed by atoms with van der Waals surface area (Å²) in [5.74, 6) is -1.46. The largest absolute Gasteiger partial charge is 0.479 e. The Hall–Kier alpha value is -1.67. The average molecular weight is 231 g/mol. The lowest BCUT2D eigenvalue weighted by atomic mass is 10.6. The number of carboxylic acids is 1. The van der Waals surface area contributed by atoms with E-state index < -0.39 is 18.5 Å². The number of nitrogens with zero attached hydrogens (tertiary/aromatic N) is 2. The Bertz CT molecular complexity index is 378. The van der Waals surface area contributed by atoms with Crippen molar-refractivity contribution in [3.05, 3.63) is 5.38 Å². The lowest BCUT2D eigenvalue weighted by Gasteiger charge is -2.15. The summed E-state index contributed by atoms with van der Waals surface area (Å²) in [5, 5.41) is 11.0. The smallest absolute Gasteiger partial charge is 0.332 e. The van der Waals surface area contributed by atoms with Gasteiger partial charge in [0.25, 0.3) is 0 Å². The summed E-state index contributed by atoms with van der Waals surface area (Å²) in [6, 6.07) is 0. The predicted octanol–water partition coefficient (Wildman–Crippen LogP) is 0.0944. The molecule has 0 aliphatic rings. The van der Waals surface area contributed by atoms with Crippen molar-refractivity contribution < 1.29 is 19.5 Å². The molecule has 15 heavy (non-hydrogen) atoms. The molecule has 0 saturated heterocycles.